The molecule has 0 saturated carbocycles. The van der Waals surface area contributed by atoms with Crippen LogP contribution in [0, 0.1) is 6.57 Å². The highest BCUT2D eigenvalue weighted by molar-refractivity contribution is 7.92. The van der Waals surface area contributed by atoms with Crippen molar-refractivity contribution in [2.24, 2.45) is 10.2 Å². The third-order valence-corrected chi connectivity index (χ3v) is 5.21. The number of nitrogens with zero attached hydrogens (tertiary/aromatic N) is 6. The first-order chi connectivity index (χ1) is 15.2. The number of rotatable bonds is 5. The molecule has 3 rings (SSSR count). The van der Waals surface area contributed by atoms with Gasteiger partial charge in [-0.15, -0.1) is 10.2 Å². The fourth-order valence-electron chi connectivity index (χ4n) is 3.16. The van der Waals surface area contributed by atoms with Crippen LogP contribution in [0.15, 0.2) is 40.6 Å². The molecular formula is C22H28N8O2S. The van der Waals surface area contributed by atoms with Gasteiger partial charge in [0.2, 0.25) is 10.0 Å². The van der Waals surface area contributed by atoms with Gasteiger partial charge in [-0.3, -0.25) is 9.82 Å². The molecule has 2 N–H and O–H groups in total. The smallest absolute Gasteiger partial charge is 0.255 e. The monoisotopic (exact) mass is 468 g/mol. The molecule has 0 amide bonds. The summed E-state index contributed by atoms with van der Waals surface area (Å²) < 4.78 is 28.4. The van der Waals surface area contributed by atoms with Crippen LogP contribution in [0.3, 0.4) is 0 Å². The minimum atomic E-state index is -3.65. The second-order valence-corrected chi connectivity index (χ2v) is 11.5. The summed E-state index contributed by atoms with van der Waals surface area (Å²) in [6, 6.07) is 9.16. The van der Waals surface area contributed by atoms with E-state index in [0.717, 1.165) is 6.26 Å². The van der Waals surface area contributed by atoms with E-state index in [1.54, 1.807) is 0 Å². The number of azo groups is 1. The van der Waals surface area contributed by atoms with E-state index in [9.17, 15) is 8.42 Å². The lowest BCUT2D eigenvalue weighted by Crippen LogP contribution is -2.13. The minimum Gasteiger partial charge on any atom is -0.270 e. The molecule has 1 aromatic carbocycles. The van der Waals surface area contributed by atoms with Crippen molar-refractivity contribution in [3.05, 3.63) is 53.1 Å². The standard InChI is InChI=1S/C22H28N8O2S/c1-21(2,3)17-15(23-7)19(27-25-17)26-24-16-18(22(4,5)6)28-30(14-12-10-9-11-13-14)20(16)29-33(8,31)32/h9-13,29H,1-6,8H3,(H,25,27)/b26-24+. The Balaban J connectivity index is 2.26. The van der Waals surface area contributed by atoms with Crippen molar-refractivity contribution in [3.8, 4) is 5.69 Å². The molecule has 10 nitrogen and oxygen atoms in total. The number of para-hydroxylation sites is 1. The lowest BCUT2D eigenvalue weighted by Gasteiger charge is -2.15. The van der Waals surface area contributed by atoms with Gasteiger partial charge in [-0.1, -0.05) is 59.7 Å². The van der Waals surface area contributed by atoms with Gasteiger partial charge in [-0.25, -0.2) is 17.9 Å². The van der Waals surface area contributed by atoms with Crippen molar-refractivity contribution in [2.45, 2.75) is 52.4 Å². The molecule has 11 heteroatoms. The molecule has 0 aliphatic rings. The summed E-state index contributed by atoms with van der Waals surface area (Å²) in [7, 11) is -3.65. The summed E-state index contributed by atoms with van der Waals surface area (Å²) in [6.45, 7) is 19.3. The Labute approximate surface area is 194 Å². The Hall–Kier alpha value is -3.52. The average molecular weight is 469 g/mol. The van der Waals surface area contributed by atoms with Gasteiger partial charge >= 0.3 is 0 Å². The maximum Gasteiger partial charge on any atom is 0.255 e. The molecule has 0 aliphatic carbocycles. The zero-order valence-electron chi connectivity index (χ0n) is 19.8. The highest BCUT2D eigenvalue weighted by Crippen LogP contribution is 2.42. The summed E-state index contributed by atoms with van der Waals surface area (Å²) in [4.78, 5) is 3.59. The van der Waals surface area contributed by atoms with Gasteiger partial charge in [-0.2, -0.15) is 10.2 Å². The van der Waals surface area contributed by atoms with Crippen LogP contribution in [-0.2, 0) is 20.9 Å². The van der Waals surface area contributed by atoms with Crippen molar-refractivity contribution in [1.82, 2.24) is 20.0 Å². The second kappa shape index (κ2) is 8.44. The number of aromatic amines is 1. The van der Waals surface area contributed by atoms with E-state index in [1.165, 1.54) is 4.68 Å². The Morgan fingerprint density at radius 3 is 2.15 bits per heavy atom. The molecule has 0 unspecified atom stereocenters. The van der Waals surface area contributed by atoms with E-state index in [0.29, 0.717) is 17.1 Å². The van der Waals surface area contributed by atoms with Crippen molar-refractivity contribution in [3.63, 3.8) is 0 Å². The zero-order chi connectivity index (χ0) is 24.6. The van der Waals surface area contributed by atoms with Gasteiger partial charge < -0.3 is 0 Å². The van der Waals surface area contributed by atoms with E-state index in [2.05, 4.69) is 35.1 Å². The molecule has 2 aromatic heterocycles. The lowest BCUT2D eigenvalue weighted by atomic mass is 9.91. The molecule has 33 heavy (non-hydrogen) atoms. The first kappa shape index (κ1) is 24.1. The Bertz CT molecular complexity index is 1330. The summed E-state index contributed by atoms with van der Waals surface area (Å²) in [5.41, 5.74) is 1.49. The molecule has 174 valence electrons. The van der Waals surface area contributed by atoms with Crippen LogP contribution in [0.5, 0.6) is 0 Å². The Kier molecular flexibility index (Phi) is 6.17. The highest BCUT2D eigenvalue weighted by atomic mass is 32.2. The lowest BCUT2D eigenvalue weighted by molar-refractivity contribution is 0.561. The molecule has 0 atom stereocenters. The summed E-state index contributed by atoms with van der Waals surface area (Å²) in [6.07, 6.45) is 1.06. The van der Waals surface area contributed by atoms with E-state index in [1.807, 2.05) is 71.9 Å². The number of nitrogens with one attached hydrogen (secondary N) is 2. The molecule has 0 fully saturated rings. The van der Waals surface area contributed by atoms with Gasteiger partial charge in [0.25, 0.3) is 5.69 Å². The minimum absolute atomic E-state index is 0.164. The van der Waals surface area contributed by atoms with Crippen LogP contribution >= 0.6 is 0 Å². The number of H-pyrrole nitrogens is 1. The van der Waals surface area contributed by atoms with Gasteiger partial charge in [-0.05, 0) is 17.5 Å². The van der Waals surface area contributed by atoms with Crippen molar-refractivity contribution < 1.29 is 8.42 Å². The van der Waals surface area contributed by atoms with Crippen LogP contribution in [-0.4, -0.2) is 34.7 Å². The fraction of sp³-hybridized carbons (Fsp3) is 0.409. The second-order valence-electron chi connectivity index (χ2n) is 9.75. The molecular weight excluding hydrogens is 440 g/mol. The maximum atomic E-state index is 12.2. The summed E-state index contributed by atoms with van der Waals surface area (Å²) in [5, 5.41) is 20.3. The Morgan fingerprint density at radius 2 is 1.64 bits per heavy atom. The maximum absolute atomic E-state index is 12.2. The molecule has 3 aromatic rings. The first-order valence-electron chi connectivity index (χ1n) is 10.3. The van der Waals surface area contributed by atoms with Crippen molar-refractivity contribution >= 4 is 33.0 Å². The topological polar surface area (TPSA) is 122 Å². The first-order valence-corrected chi connectivity index (χ1v) is 12.2. The van der Waals surface area contributed by atoms with Gasteiger partial charge in [0, 0.05) is 5.41 Å². The number of aromatic nitrogens is 4. The zero-order valence-corrected chi connectivity index (χ0v) is 20.6. The van der Waals surface area contributed by atoms with E-state index >= 15 is 0 Å². The number of sulfonamides is 1. The molecule has 0 saturated heterocycles. The van der Waals surface area contributed by atoms with Crippen LogP contribution in [0.4, 0.5) is 23.0 Å². The van der Waals surface area contributed by atoms with Gasteiger partial charge in [0.15, 0.2) is 17.3 Å². The van der Waals surface area contributed by atoms with E-state index in [4.69, 9.17) is 6.57 Å². The quantitative estimate of drug-likeness (QED) is 0.378. The molecule has 0 radical (unpaired) electrons. The molecule has 0 aliphatic heterocycles. The third kappa shape index (κ3) is 5.28. The van der Waals surface area contributed by atoms with Crippen molar-refractivity contribution in [1.29, 1.82) is 0 Å². The molecule has 2 heterocycles. The number of hydrogen-bond acceptors (Lipinski definition) is 6. The fourth-order valence-corrected chi connectivity index (χ4v) is 3.69. The number of benzene rings is 1. The predicted octanol–water partition coefficient (Wildman–Crippen LogP) is 5.53. The van der Waals surface area contributed by atoms with Crippen LogP contribution in [0.2, 0.25) is 0 Å². The SMILES string of the molecule is [C-]#[N+]c1c(C(C)(C)C)n[nH]c1/N=N/c1c(C(C)(C)C)nn(-c2ccccc2)c1NS(C)(=O)=O. The number of hydrogen-bond donors (Lipinski definition) is 2. The Morgan fingerprint density at radius 1 is 1.03 bits per heavy atom. The molecule has 0 spiro atoms. The average Bonchev–Trinajstić information content (AvgIpc) is 3.26. The van der Waals surface area contributed by atoms with Crippen LogP contribution in [0.1, 0.15) is 52.9 Å². The van der Waals surface area contributed by atoms with E-state index < -0.39 is 15.4 Å². The van der Waals surface area contributed by atoms with Gasteiger partial charge in [0.1, 0.15) is 0 Å². The molecule has 0 bridgehead atoms. The normalized spacial score (nSPS) is 12.8. The highest BCUT2D eigenvalue weighted by Gasteiger charge is 2.30. The third-order valence-electron chi connectivity index (χ3n) is 4.65. The van der Waals surface area contributed by atoms with Crippen molar-refractivity contribution in [2.75, 3.05) is 11.0 Å². The summed E-state index contributed by atoms with van der Waals surface area (Å²) in [5.74, 6) is 0.366. The largest absolute Gasteiger partial charge is 0.270 e. The summed E-state index contributed by atoms with van der Waals surface area (Å²) >= 11 is 0. The van der Waals surface area contributed by atoms with E-state index in [-0.39, 0.29) is 28.4 Å². The van der Waals surface area contributed by atoms with Gasteiger partial charge in [0.05, 0.1) is 29.9 Å². The van der Waals surface area contributed by atoms with Crippen LogP contribution < -0.4 is 4.72 Å². The predicted molar refractivity (Wildman–Crippen MR) is 128 cm³/mol. The van der Waals surface area contributed by atoms with Crippen LogP contribution in [0.25, 0.3) is 10.5 Å². The number of anilines is 1.